The highest BCUT2D eigenvalue weighted by molar-refractivity contribution is 5.85. The van der Waals surface area contributed by atoms with Crippen molar-refractivity contribution in [2.75, 3.05) is 33.3 Å². The molecule has 1 heterocycles. The zero-order chi connectivity index (χ0) is 21.6. The van der Waals surface area contributed by atoms with Crippen LogP contribution in [0.5, 0.6) is 5.75 Å². The third kappa shape index (κ3) is 5.90. The summed E-state index contributed by atoms with van der Waals surface area (Å²) < 4.78 is 5.26. The SMILES string of the molecule is COc1ccc(CN2CCN(C(c3ccc(C)cc3)C(O)c3ccccc3)CC2)cc1.Cl. The lowest BCUT2D eigenvalue weighted by Gasteiger charge is -2.41. The van der Waals surface area contributed by atoms with E-state index in [1.807, 2.05) is 42.5 Å². The first-order valence-corrected chi connectivity index (χ1v) is 11.0. The zero-order valence-corrected chi connectivity index (χ0v) is 19.7. The predicted octanol–water partition coefficient (Wildman–Crippen LogP) is 5.02. The number of hydrogen-bond acceptors (Lipinski definition) is 4. The van der Waals surface area contributed by atoms with Gasteiger partial charge in [-0.3, -0.25) is 9.80 Å². The van der Waals surface area contributed by atoms with Crippen LogP contribution in [0.25, 0.3) is 0 Å². The first-order chi connectivity index (χ1) is 15.1. The van der Waals surface area contributed by atoms with Gasteiger partial charge in [0.05, 0.1) is 19.3 Å². The highest BCUT2D eigenvalue weighted by Gasteiger charge is 2.31. The second-order valence-corrected chi connectivity index (χ2v) is 8.37. The number of ether oxygens (including phenoxy) is 1. The molecular weight excluding hydrogens is 420 g/mol. The molecule has 0 aliphatic carbocycles. The summed E-state index contributed by atoms with van der Waals surface area (Å²) in [6.45, 7) is 6.86. The van der Waals surface area contributed by atoms with Crippen LogP contribution in [0.3, 0.4) is 0 Å². The first kappa shape index (κ1) is 24.3. The highest BCUT2D eigenvalue weighted by atomic mass is 35.5. The van der Waals surface area contributed by atoms with Crippen LogP contribution in [0.15, 0.2) is 78.9 Å². The maximum Gasteiger partial charge on any atom is 0.118 e. The van der Waals surface area contributed by atoms with Gasteiger partial charge in [-0.25, -0.2) is 0 Å². The summed E-state index contributed by atoms with van der Waals surface area (Å²) >= 11 is 0. The van der Waals surface area contributed by atoms with Crippen LogP contribution in [-0.2, 0) is 6.54 Å². The number of benzene rings is 3. The standard InChI is InChI=1S/C27H32N2O2.ClH/c1-21-8-12-23(13-9-21)26(27(30)24-6-4-3-5-7-24)29-18-16-28(17-19-29)20-22-10-14-25(31-2)15-11-22;/h3-15,26-27,30H,16-20H2,1-2H3;1H. The zero-order valence-electron chi connectivity index (χ0n) is 18.9. The van der Waals surface area contributed by atoms with Crippen molar-refractivity contribution in [3.8, 4) is 5.75 Å². The average molecular weight is 453 g/mol. The Balaban J connectivity index is 0.00000289. The molecule has 5 heteroatoms. The van der Waals surface area contributed by atoms with Gasteiger partial charge in [0.15, 0.2) is 0 Å². The summed E-state index contributed by atoms with van der Waals surface area (Å²) in [5.74, 6) is 0.893. The Morgan fingerprint density at radius 1 is 0.812 bits per heavy atom. The minimum Gasteiger partial charge on any atom is -0.497 e. The molecule has 0 saturated carbocycles. The van der Waals surface area contributed by atoms with E-state index in [1.54, 1.807) is 7.11 Å². The monoisotopic (exact) mass is 452 g/mol. The fourth-order valence-electron chi connectivity index (χ4n) is 4.38. The minimum atomic E-state index is -0.558. The molecular formula is C27H33ClN2O2. The maximum atomic E-state index is 11.3. The minimum absolute atomic E-state index is 0. The number of methoxy groups -OCH3 is 1. The largest absolute Gasteiger partial charge is 0.497 e. The smallest absolute Gasteiger partial charge is 0.118 e. The molecule has 0 amide bonds. The quantitative estimate of drug-likeness (QED) is 0.546. The van der Waals surface area contributed by atoms with E-state index in [0.717, 1.165) is 44.0 Å². The third-order valence-electron chi connectivity index (χ3n) is 6.22. The molecule has 0 aromatic heterocycles. The van der Waals surface area contributed by atoms with Crippen LogP contribution in [0, 0.1) is 6.92 Å². The van der Waals surface area contributed by atoms with E-state index in [1.165, 1.54) is 16.7 Å². The van der Waals surface area contributed by atoms with E-state index < -0.39 is 6.10 Å². The van der Waals surface area contributed by atoms with Gasteiger partial charge in [-0.15, -0.1) is 12.4 Å². The number of aliphatic hydroxyl groups excluding tert-OH is 1. The Bertz CT molecular complexity index is 940. The second-order valence-electron chi connectivity index (χ2n) is 8.37. The number of piperazine rings is 1. The summed E-state index contributed by atoms with van der Waals surface area (Å²) in [6, 6.07) is 26.9. The van der Waals surface area contributed by atoms with E-state index in [-0.39, 0.29) is 18.4 Å². The molecule has 1 fully saturated rings. The van der Waals surface area contributed by atoms with Gasteiger partial charge in [-0.05, 0) is 35.7 Å². The van der Waals surface area contributed by atoms with Crippen molar-refractivity contribution in [3.63, 3.8) is 0 Å². The molecule has 0 radical (unpaired) electrons. The van der Waals surface area contributed by atoms with Crippen molar-refractivity contribution >= 4 is 12.4 Å². The molecule has 3 aromatic rings. The molecule has 4 rings (SSSR count). The fourth-order valence-corrected chi connectivity index (χ4v) is 4.38. The molecule has 1 aliphatic heterocycles. The average Bonchev–Trinajstić information content (AvgIpc) is 2.82. The third-order valence-corrected chi connectivity index (χ3v) is 6.22. The van der Waals surface area contributed by atoms with E-state index in [4.69, 9.17) is 4.74 Å². The molecule has 170 valence electrons. The molecule has 2 unspecified atom stereocenters. The number of halogens is 1. The Morgan fingerprint density at radius 2 is 1.44 bits per heavy atom. The summed E-state index contributed by atoms with van der Waals surface area (Å²) in [6.07, 6.45) is -0.558. The van der Waals surface area contributed by atoms with Gasteiger partial charge in [-0.2, -0.15) is 0 Å². The lowest BCUT2D eigenvalue weighted by atomic mass is 9.93. The normalized spacial score (nSPS) is 16.7. The van der Waals surface area contributed by atoms with Crippen LogP contribution < -0.4 is 4.74 Å². The summed E-state index contributed by atoms with van der Waals surface area (Å²) in [5, 5.41) is 11.3. The van der Waals surface area contributed by atoms with Crippen molar-refractivity contribution in [3.05, 3.63) is 101 Å². The molecule has 3 aromatic carbocycles. The van der Waals surface area contributed by atoms with Gasteiger partial charge >= 0.3 is 0 Å². The van der Waals surface area contributed by atoms with Gasteiger partial charge in [0.2, 0.25) is 0 Å². The summed E-state index contributed by atoms with van der Waals surface area (Å²) in [5.41, 5.74) is 4.67. The van der Waals surface area contributed by atoms with Crippen molar-refractivity contribution in [2.45, 2.75) is 25.6 Å². The predicted molar refractivity (Wildman–Crippen MR) is 132 cm³/mol. The Hall–Kier alpha value is -2.37. The van der Waals surface area contributed by atoms with Crippen LogP contribution >= 0.6 is 12.4 Å². The molecule has 0 spiro atoms. The molecule has 32 heavy (non-hydrogen) atoms. The van der Waals surface area contributed by atoms with E-state index >= 15 is 0 Å². The van der Waals surface area contributed by atoms with Crippen molar-refractivity contribution < 1.29 is 9.84 Å². The Morgan fingerprint density at radius 3 is 2.03 bits per heavy atom. The number of aliphatic hydroxyl groups is 1. The molecule has 4 nitrogen and oxygen atoms in total. The molecule has 1 aliphatic rings. The van der Waals surface area contributed by atoms with Gasteiger partial charge < -0.3 is 9.84 Å². The van der Waals surface area contributed by atoms with E-state index in [0.29, 0.717) is 0 Å². The molecule has 1 N–H and O–H groups in total. The number of hydrogen-bond donors (Lipinski definition) is 1. The molecule has 2 atom stereocenters. The lowest BCUT2D eigenvalue weighted by Crippen LogP contribution is -2.48. The Kier molecular flexibility index (Phi) is 8.71. The topological polar surface area (TPSA) is 35.9 Å². The van der Waals surface area contributed by atoms with E-state index in [2.05, 4.69) is 53.1 Å². The van der Waals surface area contributed by atoms with Crippen molar-refractivity contribution in [1.82, 2.24) is 9.80 Å². The van der Waals surface area contributed by atoms with Gasteiger partial charge in [-0.1, -0.05) is 72.3 Å². The molecule has 1 saturated heterocycles. The van der Waals surface area contributed by atoms with Crippen LogP contribution in [0.4, 0.5) is 0 Å². The van der Waals surface area contributed by atoms with Gasteiger partial charge in [0.1, 0.15) is 5.75 Å². The first-order valence-electron chi connectivity index (χ1n) is 11.0. The number of aryl methyl sites for hydroxylation is 1. The fraction of sp³-hybridized carbons (Fsp3) is 0.333. The maximum absolute atomic E-state index is 11.3. The Labute approximate surface area is 197 Å². The molecule has 0 bridgehead atoms. The van der Waals surface area contributed by atoms with Crippen LogP contribution in [0.2, 0.25) is 0 Å². The highest BCUT2D eigenvalue weighted by Crippen LogP contribution is 2.35. The van der Waals surface area contributed by atoms with Gasteiger partial charge in [0, 0.05) is 32.7 Å². The van der Waals surface area contributed by atoms with E-state index in [9.17, 15) is 5.11 Å². The van der Waals surface area contributed by atoms with Gasteiger partial charge in [0.25, 0.3) is 0 Å². The van der Waals surface area contributed by atoms with Crippen LogP contribution in [-0.4, -0.2) is 48.2 Å². The van der Waals surface area contributed by atoms with Crippen LogP contribution in [0.1, 0.15) is 34.4 Å². The number of rotatable bonds is 7. The van der Waals surface area contributed by atoms with Crippen molar-refractivity contribution in [1.29, 1.82) is 0 Å². The summed E-state index contributed by atoms with van der Waals surface area (Å²) in [7, 11) is 1.70. The second kappa shape index (κ2) is 11.5. The van der Waals surface area contributed by atoms with Crippen molar-refractivity contribution in [2.24, 2.45) is 0 Å². The number of nitrogens with zero attached hydrogens (tertiary/aromatic N) is 2. The lowest BCUT2D eigenvalue weighted by molar-refractivity contribution is 0.0148. The summed E-state index contributed by atoms with van der Waals surface area (Å²) in [4.78, 5) is 4.92.